The van der Waals surface area contributed by atoms with Crippen LogP contribution in [0.1, 0.15) is 11.1 Å². The van der Waals surface area contributed by atoms with E-state index in [4.69, 9.17) is 0 Å². The molecule has 17 heavy (non-hydrogen) atoms. The van der Waals surface area contributed by atoms with E-state index in [9.17, 15) is 0 Å². The van der Waals surface area contributed by atoms with Gasteiger partial charge in [-0.1, -0.05) is 60.2 Å². The third-order valence-electron chi connectivity index (χ3n) is 2.59. The Labute approximate surface area is 103 Å². The Morgan fingerprint density at radius 1 is 0.941 bits per heavy atom. The molecule has 0 saturated carbocycles. The Morgan fingerprint density at radius 3 is 2.35 bits per heavy atom. The Balaban J connectivity index is 1.84. The summed E-state index contributed by atoms with van der Waals surface area (Å²) in [5.74, 6) is 0. The molecule has 0 aromatic heterocycles. The minimum atomic E-state index is 0.845. The normalized spacial score (nSPS) is 10.6. The largest absolute Gasteiger partial charge is 0.382 e. The van der Waals surface area contributed by atoms with E-state index in [0.717, 1.165) is 12.2 Å². The van der Waals surface area contributed by atoms with Gasteiger partial charge in [-0.2, -0.15) is 0 Å². The summed E-state index contributed by atoms with van der Waals surface area (Å²) in [5.41, 5.74) is 3.68. The molecule has 0 bridgehead atoms. The summed E-state index contributed by atoms with van der Waals surface area (Å²) in [6, 6.07) is 18.8. The van der Waals surface area contributed by atoms with Crippen LogP contribution in [0.3, 0.4) is 0 Å². The van der Waals surface area contributed by atoms with Crippen molar-refractivity contribution in [1.29, 1.82) is 0 Å². The molecule has 0 fully saturated rings. The maximum absolute atomic E-state index is 3.36. The van der Waals surface area contributed by atoms with Gasteiger partial charge in [0.25, 0.3) is 0 Å². The van der Waals surface area contributed by atoms with Crippen molar-refractivity contribution in [3.8, 4) is 0 Å². The second-order valence-electron chi connectivity index (χ2n) is 4.06. The highest BCUT2D eigenvalue weighted by molar-refractivity contribution is 5.51. The van der Waals surface area contributed by atoms with Crippen molar-refractivity contribution in [1.82, 2.24) is 0 Å². The van der Waals surface area contributed by atoms with E-state index in [1.54, 1.807) is 0 Å². The minimum Gasteiger partial charge on any atom is -0.382 e. The van der Waals surface area contributed by atoms with Crippen LogP contribution in [0.15, 0.2) is 60.7 Å². The van der Waals surface area contributed by atoms with Gasteiger partial charge in [0.1, 0.15) is 0 Å². The molecule has 0 aliphatic heterocycles. The maximum atomic E-state index is 3.36. The second-order valence-corrected chi connectivity index (χ2v) is 4.06. The molecule has 2 aromatic carbocycles. The second kappa shape index (κ2) is 5.90. The Morgan fingerprint density at radius 2 is 1.65 bits per heavy atom. The molecule has 0 amide bonds. The average molecular weight is 223 g/mol. The van der Waals surface area contributed by atoms with Crippen LogP contribution in [-0.4, -0.2) is 6.54 Å². The number of benzene rings is 2. The molecule has 0 aliphatic rings. The molecule has 0 spiro atoms. The summed E-state index contributed by atoms with van der Waals surface area (Å²) in [7, 11) is 0. The molecule has 0 saturated heterocycles. The number of rotatable bonds is 4. The number of hydrogen-bond donors (Lipinski definition) is 1. The van der Waals surface area contributed by atoms with Gasteiger partial charge in [0, 0.05) is 12.2 Å². The Hall–Kier alpha value is -2.02. The molecule has 0 heterocycles. The fraction of sp³-hybridized carbons (Fsp3) is 0.125. The molecule has 2 rings (SSSR count). The van der Waals surface area contributed by atoms with Gasteiger partial charge in [-0.3, -0.25) is 0 Å². The lowest BCUT2D eigenvalue weighted by atomic mass is 10.2. The van der Waals surface area contributed by atoms with E-state index in [1.165, 1.54) is 11.1 Å². The monoisotopic (exact) mass is 223 g/mol. The van der Waals surface area contributed by atoms with Gasteiger partial charge in [-0.05, 0) is 24.6 Å². The van der Waals surface area contributed by atoms with Crippen LogP contribution in [-0.2, 0) is 0 Å². The van der Waals surface area contributed by atoms with Crippen molar-refractivity contribution < 1.29 is 0 Å². The van der Waals surface area contributed by atoms with Crippen LogP contribution < -0.4 is 5.32 Å². The Bertz CT molecular complexity index is 469. The van der Waals surface area contributed by atoms with Gasteiger partial charge in [0.15, 0.2) is 0 Å². The van der Waals surface area contributed by atoms with Gasteiger partial charge < -0.3 is 5.32 Å². The van der Waals surface area contributed by atoms with Crippen LogP contribution in [0.25, 0.3) is 6.08 Å². The lowest BCUT2D eigenvalue weighted by molar-refractivity contribution is 1.33. The summed E-state index contributed by atoms with van der Waals surface area (Å²) in [6.45, 7) is 2.94. The molecular weight excluding hydrogens is 206 g/mol. The van der Waals surface area contributed by atoms with Crippen LogP contribution in [0.5, 0.6) is 0 Å². The molecule has 86 valence electrons. The highest BCUT2D eigenvalue weighted by Crippen LogP contribution is 2.08. The minimum absolute atomic E-state index is 0.845. The lowest BCUT2D eigenvalue weighted by Gasteiger charge is -2.03. The molecule has 1 N–H and O–H groups in total. The van der Waals surface area contributed by atoms with Crippen LogP contribution in [0, 0.1) is 6.92 Å². The highest BCUT2D eigenvalue weighted by atomic mass is 14.8. The first kappa shape index (κ1) is 11.5. The van der Waals surface area contributed by atoms with Crippen molar-refractivity contribution in [2.45, 2.75) is 6.92 Å². The SMILES string of the molecule is Cc1ccc(NC/C=C/c2ccccc2)cc1. The maximum Gasteiger partial charge on any atom is 0.0342 e. The molecule has 0 aliphatic carbocycles. The van der Waals surface area contributed by atoms with Gasteiger partial charge in [0.2, 0.25) is 0 Å². The van der Waals surface area contributed by atoms with E-state index in [1.807, 2.05) is 18.2 Å². The van der Waals surface area contributed by atoms with Crippen molar-refractivity contribution in [2.75, 3.05) is 11.9 Å². The number of anilines is 1. The number of aryl methyl sites for hydroxylation is 1. The topological polar surface area (TPSA) is 12.0 Å². The first-order valence-electron chi connectivity index (χ1n) is 5.87. The Kier molecular flexibility index (Phi) is 3.98. The van der Waals surface area contributed by atoms with Crippen molar-refractivity contribution in [2.24, 2.45) is 0 Å². The third kappa shape index (κ3) is 3.80. The zero-order chi connectivity index (χ0) is 11.9. The van der Waals surface area contributed by atoms with Gasteiger partial charge in [-0.25, -0.2) is 0 Å². The zero-order valence-electron chi connectivity index (χ0n) is 10.1. The average Bonchev–Trinajstić information content (AvgIpc) is 2.38. The number of nitrogens with one attached hydrogen (secondary N) is 1. The van der Waals surface area contributed by atoms with Crippen LogP contribution >= 0.6 is 0 Å². The van der Waals surface area contributed by atoms with E-state index >= 15 is 0 Å². The fourth-order valence-electron chi connectivity index (χ4n) is 1.61. The molecular formula is C16H17N. The first-order chi connectivity index (χ1) is 8.34. The van der Waals surface area contributed by atoms with Crippen LogP contribution in [0.4, 0.5) is 5.69 Å². The smallest absolute Gasteiger partial charge is 0.0342 e. The zero-order valence-corrected chi connectivity index (χ0v) is 10.1. The van der Waals surface area contributed by atoms with E-state index in [-0.39, 0.29) is 0 Å². The predicted molar refractivity (Wildman–Crippen MR) is 75.1 cm³/mol. The third-order valence-corrected chi connectivity index (χ3v) is 2.59. The van der Waals surface area contributed by atoms with Gasteiger partial charge in [0.05, 0.1) is 0 Å². The quantitative estimate of drug-likeness (QED) is 0.822. The van der Waals surface area contributed by atoms with E-state index in [2.05, 4.69) is 60.8 Å². The summed E-state index contributed by atoms with van der Waals surface area (Å²) in [6.07, 6.45) is 4.26. The highest BCUT2D eigenvalue weighted by Gasteiger charge is 1.88. The summed E-state index contributed by atoms with van der Waals surface area (Å²) < 4.78 is 0. The standard InChI is InChI=1S/C16H17N/c1-14-9-11-16(12-10-14)17-13-5-8-15-6-3-2-4-7-15/h2-12,17H,13H2,1H3/b8-5+. The molecule has 1 nitrogen and oxygen atoms in total. The van der Waals surface area contributed by atoms with Crippen molar-refractivity contribution in [3.63, 3.8) is 0 Å². The van der Waals surface area contributed by atoms with Crippen molar-refractivity contribution >= 4 is 11.8 Å². The first-order valence-corrected chi connectivity index (χ1v) is 5.87. The van der Waals surface area contributed by atoms with Crippen LogP contribution in [0.2, 0.25) is 0 Å². The fourth-order valence-corrected chi connectivity index (χ4v) is 1.61. The lowest BCUT2D eigenvalue weighted by Crippen LogP contribution is -1.97. The summed E-state index contributed by atoms with van der Waals surface area (Å²) >= 11 is 0. The van der Waals surface area contributed by atoms with Gasteiger partial charge in [-0.15, -0.1) is 0 Å². The molecule has 0 unspecified atom stereocenters. The summed E-state index contributed by atoms with van der Waals surface area (Å²) in [5, 5.41) is 3.36. The molecule has 0 atom stereocenters. The van der Waals surface area contributed by atoms with Crippen molar-refractivity contribution in [3.05, 3.63) is 71.8 Å². The molecule has 2 aromatic rings. The predicted octanol–water partition coefficient (Wildman–Crippen LogP) is 4.12. The molecule has 1 heteroatoms. The van der Waals surface area contributed by atoms with E-state index in [0.29, 0.717) is 0 Å². The van der Waals surface area contributed by atoms with E-state index < -0.39 is 0 Å². The van der Waals surface area contributed by atoms with Gasteiger partial charge >= 0.3 is 0 Å². The number of hydrogen-bond acceptors (Lipinski definition) is 1. The summed E-state index contributed by atoms with van der Waals surface area (Å²) in [4.78, 5) is 0. The molecule has 0 radical (unpaired) electrons.